The molecular formula is C22H29NO3. The van der Waals surface area contributed by atoms with Crippen molar-refractivity contribution in [1.82, 2.24) is 5.32 Å². The summed E-state index contributed by atoms with van der Waals surface area (Å²) in [5, 5.41) is 3.01. The van der Waals surface area contributed by atoms with E-state index in [1.54, 1.807) is 14.2 Å². The van der Waals surface area contributed by atoms with Crippen molar-refractivity contribution in [3.63, 3.8) is 0 Å². The summed E-state index contributed by atoms with van der Waals surface area (Å²) < 4.78 is 10.6. The summed E-state index contributed by atoms with van der Waals surface area (Å²) in [4.78, 5) is 12.0. The Balaban J connectivity index is 1.70. The number of benzene rings is 2. The van der Waals surface area contributed by atoms with Gasteiger partial charge < -0.3 is 14.8 Å². The highest BCUT2D eigenvalue weighted by atomic mass is 16.5. The molecule has 0 unspecified atom stereocenters. The Morgan fingerprint density at radius 2 is 1.58 bits per heavy atom. The molecule has 2 aromatic carbocycles. The van der Waals surface area contributed by atoms with Gasteiger partial charge in [0.2, 0.25) is 5.91 Å². The fourth-order valence-corrected chi connectivity index (χ4v) is 2.86. The Kier molecular flexibility index (Phi) is 7.52. The molecule has 2 aromatic rings. The quantitative estimate of drug-likeness (QED) is 0.692. The van der Waals surface area contributed by atoms with Crippen molar-refractivity contribution in [3.05, 3.63) is 58.7 Å². The van der Waals surface area contributed by atoms with E-state index >= 15 is 0 Å². The second-order valence-corrected chi connectivity index (χ2v) is 6.56. The van der Waals surface area contributed by atoms with Gasteiger partial charge in [0.15, 0.2) is 11.5 Å². The Morgan fingerprint density at radius 3 is 2.27 bits per heavy atom. The maximum atomic E-state index is 12.0. The first-order valence-electron chi connectivity index (χ1n) is 9.07. The highest BCUT2D eigenvalue weighted by molar-refractivity contribution is 5.76. The van der Waals surface area contributed by atoms with Crippen LogP contribution in [0.4, 0.5) is 0 Å². The Hall–Kier alpha value is -2.49. The molecule has 0 aliphatic rings. The number of amides is 1. The third-order valence-corrected chi connectivity index (χ3v) is 4.62. The lowest BCUT2D eigenvalue weighted by atomic mass is 10.0. The fraction of sp³-hybridized carbons (Fsp3) is 0.409. The molecule has 0 spiro atoms. The van der Waals surface area contributed by atoms with Crippen LogP contribution in [-0.2, 0) is 17.6 Å². The molecule has 2 rings (SSSR count). The molecule has 0 heterocycles. The van der Waals surface area contributed by atoms with Gasteiger partial charge >= 0.3 is 0 Å². The molecule has 0 saturated heterocycles. The second kappa shape index (κ2) is 9.85. The number of rotatable bonds is 9. The fourth-order valence-electron chi connectivity index (χ4n) is 2.86. The van der Waals surface area contributed by atoms with Gasteiger partial charge in [-0.05, 0) is 67.5 Å². The average molecular weight is 355 g/mol. The number of nitrogens with one attached hydrogen (secondary N) is 1. The maximum Gasteiger partial charge on any atom is 0.220 e. The van der Waals surface area contributed by atoms with E-state index in [9.17, 15) is 4.79 Å². The van der Waals surface area contributed by atoms with Crippen LogP contribution in [0.3, 0.4) is 0 Å². The number of ether oxygens (including phenoxy) is 2. The van der Waals surface area contributed by atoms with Crippen molar-refractivity contribution in [2.45, 2.75) is 39.5 Å². The lowest BCUT2D eigenvalue weighted by Crippen LogP contribution is -2.25. The minimum atomic E-state index is 0.107. The number of methoxy groups -OCH3 is 2. The van der Waals surface area contributed by atoms with Crippen LogP contribution in [0.1, 0.15) is 35.1 Å². The highest BCUT2D eigenvalue weighted by Crippen LogP contribution is 2.27. The summed E-state index contributed by atoms with van der Waals surface area (Å²) in [6.07, 6.45) is 3.09. The van der Waals surface area contributed by atoms with Gasteiger partial charge in [0.05, 0.1) is 14.2 Å². The molecule has 0 atom stereocenters. The van der Waals surface area contributed by atoms with Crippen LogP contribution in [-0.4, -0.2) is 26.7 Å². The second-order valence-electron chi connectivity index (χ2n) is 6.56. The van der Waals surface area contributed by atoms with E-state index in [-0.39, 0.29) is 5.91 Å². The topological polar surface area (TPSA) is 47.6 Å². The summed E-state index contributed by atoms with van der Waals surface area (Å²) in [6, 6.07) is 12.3. The van der Waals surface area contributed by atoms with E-state index in [0.717, 1.165) is 30.8 Å². The number of hydrogen-bond donors (Lipinski definition) is 1. The van der Waals surface area contributed by atoms with Gasteiger partial charge in [0.1, 0.15) is 0 Å². The zero-order valence-corrected chi connectivity index (χ0v) is 16.2. The average Bonchev–Trinajstić information content (AvgIpc) is 2.66. The van der Waals surface area contributed by atoms with Crippen LogP contribution in [0.5, 0.6) is 11.5 Å². The molecule has 0 saturated carbocycles. The predicted molar refractivity (Wildman–Crippen MR) is 105 cm³/mol. The molecular weight excluding hydrogens is 326 g/mol. The minimum absolute atomic E-state index is 0.107. The van der Waals surface area contributed by atoms with Crippen LogP contribution >= 0.6 is 0 Å². The lowest BCUT2D eigenvalue weighted by Gasteiger charge is -2.10. The van der Waals surface area contributed by atoms with E-state index < -0.39 is 0 Å². The first kappa shape index (κ1) is 19.8. The van der Waals surface area contributed by atoms with Crippen LogP contribution in [0.15, 0.2) is 36.4 Å². The van der Waals surface area contributed by atoms with Gasteiger partial charge in [-0.3, -0.25) is 4.79 Å². The summed E-state index contributed by atoms with van der Waals surface area (Å²) >= 11 is 0. The van der Waals surface area contributed by atoms with Gasteiger partial charge in [-0.15, -0.1) is 0 Å². The zero-order valence-electron chi connectivity index (χ0n) is 16.2. The minimum Gasteiger partial charge on any atom is -0.493 e. The van der Waals surface area contributed by atoms with E-state index in [0.29, 0.717) is 13.0 Å². The largest absolute Gasteiger partial charge is 0.493 e. The monoisotopic (exact) mass is 355 g/mol. The molecule has 0 fully saturated rings. The lowest BCUT2D eigenvalue weighted by molar-refractivity contribution is -0.121. The van der Waals surface area contributed by atoms with Crippen molar-refractivity contribution < 1.29 is 14.3 Å². The summed E-state index contributed by atoms with van der Waals surface area (Å²) in [7, 11) is 3.27. The normalized spacial score (nSPS) is 10.5. The smallest absolute Gasteiger partial charge is 0.220 e. The Labute approximate surface area is 156 Å². The van der Waals surface area contributed by atoms with Crippen LogP contribution < -0.4 is 14.8 Å². The summed E-state index contributed by atoms with van der Waals surface area (Å²) in [5.74, 6) is 1.58. The van der Waals surface area contributed by atoms with E-state index in [1.807, 2.05) is 18.2 Å². The van der Waals surface area contributed by atoms with Crippen molar-refractivity contribution in [3.8, 4) is 11.5 Å². The highest BCUT2D eigenvalue weighted by Gasteiger charge is 2.06. The number of aryl methyl sites for hydroxylation is 4. The van der Waals surface area contributed by atoms with Crippen molar-refractivity contribution in [2.75, 3.05) is 20.8 Å². The van der Waals surface area contributed by atoms with Gasteiger partial charge in [-0.25, -0.2) is 0 Å². The number of carbonyl (C=O) groups is 1. The van der Waals surface area contributed by atoms with Crippen molar-refractivity contribution in [1.29, 1.82) is 0 Å². The molecule has 1 N–H and O–H groups in total. The zero-order chi connectivity index (χ0) is 18.9. The number of hydrogen-bond acceptors (Lipinski definition) is 3. The van der Waals surface area contributed by atoms with Gasteiger partial charge in [-0.2, -0.15) is 0 Å². The van der Waals surface area contributed by atoms with Gasteiger partial charge in [0, 0.05) is 13.0 Å². The SMILES string of the molecule is COc1ccc(CCCNC(=O)CCc2ccc(C)c(C)c2)cc1OC. The van der Waals surface area contributed by atoms with Crippen molar-refractivity contribution >= 4 is 5.91 Å². The predicted octanol–water partition coefficient (Wildman–Crippen LogP) is 4.00. The van der Waals surface area contributed by atoms with Crippen LogP contribution in [0.25, 0.3) is 0 Å². The Bertz CT molecular complexity index is 740. The Morgan fingerprint density at radius 1 is 0.885 bits per heavy atom. The molecule has 4 nitrogen and oxygen atoms in total. The van der Waals surface area contributed by atoms with Crippen molar-refractivity contribution in [2.24, 2.45) is 0 Å². The van der Waals surface area contributed by atoms with E-state index in [1.165, 1.54) is 22.3 Å². The first-order valence-corrected chi connectivity index (χ1v) is 9.07. The molecule has 4 heteroatoms. The maximum absolute atomic E-state index is 12.0. The third-order valence-electron chi connectivity index (χ3n) is 4.62. The molecule has 1 amide bonds. The molecule has 0 radical (unpaired) electrons. The summed E-state index contributed by atoms with van der Waals surface area (Å²) in [5.41, 5.74) is 4.95. The van der Waals surface area contributed by atoms with E-state index in [2.05, 4.69) is 37.4 Å². The van der Waals surface area contributed by atoms with E-state index in [4.69, 9.17) is 9.47 Å². The summed E-state index contributed by atoms with van der Waals surface area (Å²) in [6.45, 7) is 4.89. The van der Waals surface area contributed by atoms with Crippen LogP contribution in [0.2, 0.25) is 0 Å². The first-order chi connectivity index (χ1) is 12.5. The molecule has 0 aliphatic heterocycles. The standard InChI is InChI=1S/C22H29NO3/c1-16-7-8-19(14-17(16)2)10-12-22(24)23-13-5-6-18-9-11-20(25-3)21(15-18)26-4/h7-9,11,14-15H,5-6,10,12-13H2,1-4H3,(H,23,24). The molecule has 0 bridgehead atoms. The third kappa shape index (κ3) is 5.80. The molecule has 140 valence electrons. The number of carbonyl (C=O) groups excluding carboxylic acids is 1. The molecule has 0 aliphatic carbocycles. The van der Waals surface area contributed by atoms with Gasteiger partial charge in [0.25, 0.3) is 0 Å². The molecule has 0 aromatic heterocycles. The van der Waals surface area contributed by atoms with Gasteiger partial charge in [-0.1, -0.05) is 24.3 Å². The molecule has 26 heavy (non-hydrogen) atoms. The van der Waals surface area contributed by atoms with Crippen LogP contribution in [0, 0.1) is 13.8 Å².